The van der Waals surface area contributed by atoms with Crippen LogP contribution in [0.3, 0.4) is 0 Å². The van der Waals surface area contributed by atoms with Gasteiger partial charge in [-0.05, 0) is 24.6 Å². The van der Waals surface area contributed by atoms with Gasteiger partial charge < -0.3 is 5.32 Å². The molecule has 1 atom stereocenters. The Bertz CT molecular complexity index is 448. The van der Waals surface area contributed by atoms with Crippen molar-refractivity contribution in [3.8, 4) is 0 Å². The van der Waals surface area contributed by atoms with E-state index in [4.69, 9.17) is 11.6 Å². The molecule has 1 N–H and O–H groups in total. The van der Waals surface area contributed by atoms with E-state index in [9.17, 15) is 13.2 Å². The fraction of sp³-hybridized carbons (Fsp3) is 0.538. The van der Waals surface area contributed by atoms with Crippen LogP contribution in [0.2, 0.25) is 5.02 Å². The lowest BCUT2D eigenvalue weighted by Crippen LogP contribution is -2.49. The molecule has 1 heterocycles. The third-order valence-electron chi connectivity index (χ3n) is 3.36. The van der Waals surface area contributed by atoms with Crippen LogP contribution in [0, 0.1) is 0 Å². The number of rotatable bonds is 2. The first-order valence-corrected chi connectivity index (χ1v) is 6.56. The molecular weight excluding hydrogens is 277 g/mol. The quantitative estimate of drug-likeness (QED) is 0.901. The van der Waals surface area contributed by atoms with Gasteiger partial charge in [0, 0.05) is 32.2 Å². The highest BCUT2D eigenvalue weighted by Gasteiger charge is 2.33. The first-order chi connectivity index (χ1) is 8.88. The molecule has 1 aromatic rings. The molecular formula is C13H16ClF3N2. The van der Waals surface area contributed by atoms with Gasteiger partial charge in [0.25, 0.3) is 0 Å². The summed E-state index contributed by atoms with van der Waals surface area (Å²) in [5.74, 6) is 0. The van der Waals surface area contributed by atoms with Gasteiger partial charge >= 0.3 is 6.18 Å². The lowest BCUT2D eigenvalue weighted by atomic mass is 10.1. The van der Waals surface area contributed by atoms with Crippen molar-refractivity contribution in [3.05, 3.63) is 34.3 Å². The van der Waals surface area contributed by atoms with Crippen molar-refractivity contribution in [2.45, 2.75) is 25.7 Å². The molecule has 0 amide bonds. The van der Waals surface area contributed by atoms with Gasteiger partial charge in [0.2, 0.25) is 0 Å². The summed E-state index contributed by atoms with van der Waals surface area (Å²) in [6, 6.07) is 4.45. The van der Waals surface area contributed by atoms with Crippen LogP contribution in [0.25, 0.3) is 0 Å². The van der Waals surface area contributed by atoms with E-state index >= 15 is 0 Å². The highest BCUT2D eigenvalue weighted by Crippen LogP contribution is 2.35. The van der Waals surface area contributed by atoms with Crippen LogP contribution in [-0.2, 0) is 12.7 Å². The molecule has 1 aliphatic rings. The van der Waals surface area contributed by atoms with E-state index in [0.29, 0.717) is 18.2 Å². The molecule has 19 heavy (non-hydrogen) atoms. The van der Waals surface area contributed by atoms with Gasteiger partial charge in [-0.3, -0.25) is 4.90 Å². The van der Waals surface area contributed by atoms with Gasteiger partial charge in [-0.25, -0.2) is 0 Å². The SMILES string of the molecule is CC1CNCCN1Cc1ccc(Cl)c(C(F)(F)F)c1. The molecule has 6 heteroatoms. The number of hydrogen-bond donors (Lipinski definition) is 1. The summed E-state index contributed by atoms with van der Waals surface area (Å²) in [7, 11) is 0. The maximum atomic E-state index is 12.8. The lowest BCUT2D eigenvalue weighted by Gasteiger charge is -2.34. The van der Waals surface area contributed by atoms with Gasteiger partial charge in [-0.15, -0.1) is 0 Å². The summed E-state index contributed by atoms with van der Waals surface area (Å²) < 4.78 is 38.3. The molecule has 0 bridgehead atoms. The van der Waals surface area contributed by atoms with Crippen molar-refractivity contribution in [1.82, 2.24) is 10.2 Å². The maximum Gasteiger partial charge on any atom is 0.417 e. The zero-order valence-electron chi connectivity index (χ0n) is 10.6. The van der Waals surface area contributed by atoms with Crippen LogP contribution in [0.1, 0.15) is 18.1 Å². The molecule has 0 radical (unpaired) electrons. The fourth-order valence-corrected chi connectivity index (χ4v) is 2.47. The molecule has 0 saturated carbocycles. The number of nitrogens with zero attached hydrogens (tertiary/aromatic N) is 1. The smallest absolute Gasteiger partial charge is 0.314 e. The second kappa shape index (κ2) is 5.69. The van der Waals surface area contributed by atoms with Crippen LogP contribution < -0.4 is 5.32 Å². The Morgan fingerprint density at radius 3 is 2.79 bits per heavy atom. The van der Waals surface area contributed by atoms with Crippen molar-refractivity contribution in [2.24, 2.45) is 0 Å². The minimum Gasteiger partial charge on any atom is -0.314 e. The standard InChI is InChI=1S/C13H16ClF3N2/c1-9-7-18-4-5-19(9)8-10-2-3-12(14)11(6-10)13(15,16)17/h2-3,6,9,18H,4-5,7-8H2,1H3. The Labute approximate surface area is 115 Å². The number of hydrogen-bond acceptors (Lipinski definition) is 2. The number of halogens is 4. The van der Waals surface area contributed by atoms with E-state index < -0.39 is 11.7 Å². The minimum atomic E-state index is -4.40. The predicted molar refractivity (Wildman–Crippen MR) is 69.2 cm³/mol. The molecule has 106 valence electrons. The normalized spacial score (nSPS) is 21.6. The fourth-order valence-electron chi connectivity index (χ4n) is 2.24. The molecule has 0 aromatic heterocycles. The number of alkyl halides is 3. The maximum absolute atomic E-state index is 12.8. The summed E-state index contributed by atoms with van der Waals surface area (Å²) >= 11 is 5.61. The largest absolute Gasteiger partial charge is 0.417 e. The summed E-state index contributed by atoms with van der Waals surface area (Å²) in [6.45, 7) is 5.14. The zero-order chi connectivity index (χ0) is 14.0. The molecule has 1 unspecified atom stereocenters. The Balaban J connectivity index is 2.17. The topological polar surface area (TPSA) is 15.3 Å². The van der Waals surface area contributed by atoms with Crippen molar-refractivity contribution in [1.29, 1.82) is 0 Å². The summed E-state index contributed by atoms with van der Waals surface area (Å²) in [5.41, 5.74) is -0.111. The zero-order valence-corrected chi connectivity index (χ0v) is 11.4. The van der Waals surface area contributed by atoms with Gasteiger partial charge in [0.05, 0.1) is 10.6 Å². The lowest BCUT2D eigenvalue weighted by molar-refractivity contribution is -0.137. The van der Waals surface area contributed by atoms with Crippen LogP contribution >= 0.6 is 11.6 Å². The Morgan fingerprint density at radius 2 is 2.16 bits per heavy atom. The summed E-state index contributed by atoms with van der Waals surface area (Å²) in [5, 5.41) is 3.01. The molecule has 0 spiro atoms. The Morgan fingerprint density at radius 1 is 1.42 bits per heavy atom. The molecule has 1 saturated heterocycles. The number of benzene rings is 1. The second-order valence-corrected chi connectivity index (χ2v) is 5.24. The first kappa shape index (κ1) is 14.6. The van der Waals surface area contributed by atoms with E-state index in [0.717, 1.165) is 25.7 Å². The van der Waals surface area contributed by atoms with Crippen LogP contribution in [0.5, 0.6) is 0 Å². The third kappa shape index (κ3) is 3.61. The van der Waals surface area contributed by atoms with Crippen LogP contribution in [0.4, 0.5) is 13.2 Å². The average molecular weight is 293 g/mol. The van der Waals surface area contributed by atoms with Gasteiger partial charge in [0.15, 0.2) is 0 Å². The van der Waals surface area contributed by atoms with Crippen LogP contribution in [-0.4, -0.2) is 30.6 Å². The van der Waals surface area contributed by atoms with Crippen LogP contribution in [0.15, 0.2) is 18.2 Å². The molecule has 2 rings (SSSR count). The Kier molecular flexibility index (Phi) is 4.38. The molecule has 0 aliphatic carbocycles. The van der Waals surface area contributed by atoms with Gasteiger partial charge in [-0.2, -0.15) is 13.2 Å². The number of piperazine rings is 1. The summed E-state index contributed by atoms with van der Waals surface area (Å²) in [6.07, 6.45) is -4.40. The van der Waals surface area contributed by atoms with Gasteiger partial charge in [-0.1, -0.05) is 17.7 Å². The number of nitrogens with one attached hydrogen (secondary N) is 1. The van der Waals surface area contributed by atoms with Gasteiger partial charge in [0.1, 0.15) is 0 Å². The Hall–Kier alpha value is -0.780. The van der Waals surface area contributed by atoms with E-state index in [-0.39, 0.29) is 5.02 Å². The van der Waals surface area contributed by atoms with Crippen molar-refractivity contribution in [3.63, 3.8) is 0 Å². The molecule has 1 aliphatic heterocycles. The summed E-state index contributed by atoms with van der Waals surface area (Å²) in [4.78, 5) is 2.17. The molecule has 1 fully saturated rings. The third-order valence-corrected chi connectivity index (χ3v) is 3.69. The first-order valence-electron chi connectivity index (χ1n) is 6.18. The van der Waals surface area contributed by atoms with Crippen molar-refractivity contribution in [2.75, 3.05) is 19.6 Å². The van der Waals surface area contributed by atoms with Crippen molar-refractivity contribution < 1.29 is 13.2 Å². The van der Waals surface area contributed by atoms with E-state index in [1.807, 2.05) is 0 Å². The highest BCUT2D eigenvalue weighted by atomic mass is 35.5. The molecule has 2 nitrogen and oxygen atoms in total. The predicted octanol–water partition coefficient (Wildman–Crippen LogP) is 3.15. The minimum absolute atomic E-state index is 0.246. The van der Waals surface area contributed by atoms with E-state index in [2.05, 4.69) is 17.1 Å². The van der Waals surface area contributed by atoms with E-state index in [1.54, 1.807) is 6.07 Å². The van der Waals surface area contributed by atoms with E-state index in [1.165, 1.54) is 6.07 Å². The average Bonchev–Trinajstić information content (AvgIpc) is 2.33. The second-order valence-electron chi connectivity index (χ2n) is 4.84. The monoisotopic (exact) mass is 292 g/mol. The molecule has 1 aromatic carbocycles. The highest BCUT2D eigenvalue weighted by molar-refractivity contribution is 6.31. The van der Waals surface area contributed by atoms with Crippen molar-refractivity contribution >= 4 is 11.6 Å².